The van der Waals surface area contributed by atoms with Crippen LogP contribution in [-0.2, 0) is 0 Å². The van der Waals surface area contributed by atoms with Gasteiger partial charge in [-0.1, -0.05) is 17.7 Å². The molecule has 0 bridgehead atoms. The second-order valence-electron chi connectivity index (χ2n) is 2.46. The van der Waals surface area contributed by atoms with Crippen LogP contribution in [0.25, 0.3) is 0 Å². The zero-order chi connectivity index (χ0) is 9.84. The predicted molar refractivity (Wildman–Crippen MR) is 51.1 cm³/mol. The third-order valence-corrected chi connectivity index (χ3v) is 2.15. The third-order valence-electron chi connectivity index (χ3n) is 1.57. The van der Waals surface area contributed by atoms with E-state index in [0.29, 0.717) is 0 Å². The Labute approximate surface area is 85.5 Å². The molecule has 13 heavy (non-hydrogen) atoms. The van der Waals surface area contributed by atoms with Crippen LogP contribution in [-0.4, -0.2) is 11.7 Å². The molecule has 0 aliphatic rings. The van der Waals surface area contributed by atoms with Crippen molar-refractivity contribution in [3.63, 3.8) is 0 Å². The maximum Gasteiger partial charge on any atom is 0.165 e. The second-order valence-corrected chi connectivity index (χ2v) is 3.22. The summed E-state index contributed by atoms with van der Waals surface area (Å²) in [4.78, 5) is 11.3. The molecular weight excluding hydrogens is 214 g/mol. The average molecular weight is 221 g/mol. The van der Waals surface area contributed by atoms with Gasteiger partial charge in [0.1, 0.15) is 5.82 Å². The van der Waals surface area contributed by atoms with Gasteiger partial charge in [0.25, 0.3) is 0 Å². The highest BCUT2D eigenvalue weighted by molar-refractivity contribution is 6.34. The quantitative estimate of drug-likeness (QED) is 0.565. The molecule has 0 aliphatic carbocycles. The molecule has 0 aromatic heterocycles. The summed E-state index contributed by atoms with van der Waals surface area (Å²) in [5.74, 6) is -0.604. The number of carbonyl (C=O) groups is 1. The highest BCUT2D eigenvalue weighted by Gasteiger charge is 2.12. The molecule has 1 aromatic rings. The Kier molecular flexibility index (Phi) is 3.70. The number of hydrogen-bond donors (Lipinski definition) is 0. The molecule has 0 radical (unpaired) electrons. The Morgan fingerprint density at radius 1 is 1.46 bits per heavy atom. The van der Waals surface area contributed by atoms with Gasteiger partial charge in [0.05, 0.1) is 5.02 Å². The lowest BCUT2D eigenvalue weighted by molar-refractivity contribution is 0.0989. The van der Waals surface area contributed by atoms with Gasteiger partial charge < -0.3 is 0 Å². The van der Waals surface area contributed by atoms with E-state index in [4.69, 9.17) is 23.2 Å². The van der Waals surface area contributed by atoms with E-state index >= 15 is 0 Å². The first-order valence-corrected chi connectivity index (χ1v) is 4.61. The van der Waals surface area contributed by atoms with Crippen LogP contribution in [0.3, 0.4) is 0 Å². The summed E-state index contributed by atoms with van der Waals surface area (Å²) in [5, 5.41) is -0.127. The van der Waals surface area contributed by atoms with Gasteiger partial charge in [0, 0.05) is 17.9 Å². The maximum atomic E-state index is 12.9. The largest absolute Gasteiger partial charge is 0.294 e. The average Bonchev–Trinajstić information content (AvgIpc) is 2.10. The Morgan fingerprint density at radius 3 is 2.77 bits per heavy atom. The predicted octanol–water partition coefficient (Wildman–Crippen LogP) is 3.29. The zero-order valence-corrected chi connectivity index (χ0v) is 8.20. The summed E-state index contributed by atoms with van der Waals surface area (Å²) in [5.41, 5.74) is 0.197. The normalized spacial score (nSPS) is 10.1. The highest BCUT2D eigenvalue weighted by Crippen LogP contribution is 2.20. The van der Waals surface area contributed by atoms with Crippen molar-refractivity contribution in [2.45, 2.75) is 6.42 Å². The summed E-state index contributed by atoms with van der Waals surface area (Å²) >= 11 is 11.0. The van der Waals surface area contributed by atoms with E-state index in [1.807, 2.05) is 0 Å². The smallest absolute Gasteiger partial charge is 0.165 e. The second kappa shape index (κ2) is 4.58. The van der Waals surface area contributed by atoms with Gasteiger partial charge in [-0.25, -0.2) is 4.39 Å². The molecule has 0 saturated heterocycles. The summed E-state index contributed by atoms with van der Waals surface area (Å²) in [6.45, 7) is 0. The summed E-state index contributed by atoms with van der Waals surface area (Å²) in [7, 11) is 0. The number of carbonyl (C=O) groups excluding carboxylic acids is 1. The Balaban J connectivity index is 3.01. The molecule has 0 heterocycles. The van der Waals surface area contributed by atoms with Crippen molar-refractivity contribution >= 4 is 29.0 Å². The molecule has 0 atom stereocenters. The first-order chi connectivity index (χ1) is 6.16. The third kappa shape index (κ3) is 2.42. The number of alkyl halides is 1. The van der Waals surface area contributed by atoms with Crippen LogP contribution in [0.1, 0.15) is 16.8 Å². The Bertz CT molecular complexity index is 325. The lowest BCUT2D eigenvalue weighted by Crippen LogP contribution is -2.01. The molecule has 1 rings (SSSR count). The fourth-order valence-corrected chi connectivity index (χ4v) is 1.34. The molecule has 0 N–H and O–H groups in total. The van der Waals surface area contributed by atoms with Crippen molar-refractivity contribution in [2.75, 3.05) is 5.88 Å². The molecule has 0 spiro atoms. The number of hydrogen-bond acceptors (Lipinski definition) is 1. The van der Waals surface area contributed by atoms with E-state index in [1.54, 1.807) is 0 Å². The van der Waals surface area contributed by atoms with Crippen LogP contribution in [0.5, 0.6) is 0 Å². The van der Waals surface area contributed by atoms with Crippen LogP contribution >= 0.6 is 23.2 Å². The van der Waals surface area contributed by atoms with Gasteiger partial charge in [0.15, 0.2) is 5.78 Å². The van der Waals surface area contributed by atoms with Crippen molar-refractivity contribution in [1.82, 2.24) is 0 Å². The minimum absolute atomic E-state index is 0.127. The van der Waals surface area contributed by atoms with Crippen molar-refractivity contribution in [3.8, 4) is 0 Å². The van der Waals surface area contributed by atoms with Gasteiger partial charge in [-0.3, -0.25) is 4.79 Å². The van der Waals surface area contributed by atoms with Gasteiger partial charge in [-0.2, -0.15) is 0 Å². The van der Waals surface area contributed by atoms with Crippen LogP contribution in [0.15, 0.2) is 18.2 Å². The zero-order valence-electron chi connectivity index (χ0n) is 6.69. The molecule has 0 saturated carbocycles. The fraction of sp³-hybridized carbons (Fsp3) is 0.222. The van der Waals surface area contributed by atoms with Crippen molar-refractivity contribution in [1.29, 1.82) is 0 Å². The van der Waals surface area contributed by atoms with E-state index in [9.17, 15) is 9.18 Å². The van der Waals surface area contributed by atoms with Crippen LogP contribution in [0, 0.1) is 5.82 Å². The number of rotatable bonds is 3. The summed E-state index contributed by atoms with van der Waals surface area (Å²) in [6, 6.07) is 4.14. The van der Waals surface area contributed by atoms with E-state index in [2.05, 4.69) is 0 Å². The molecule has 70 valence electrons. The van der Waals surface area contributed by atoms with Crippen LogP contribution < -0.4 is 0 Å². The van der Waals surface area contributed by atoms with Gasteiger partial charge in [-0.05, 0) is 12.1 Å². The molecule has 0 amide bonds. The molecule has 0 aliphatic heterocycles. The molecule has 1 aromatic carbocycles. The topological polar surface area (TPSA) is 17.1 Å². The van der Waals surface area contributed by atoms with Crippen molar-refractivity contribution in [2.24, 2.45) is 0 Å². The lowest BCUT2D eigenvalue weighted by Gasteiger charge is -2.01. The highest BCUT2D eigenvalue weighted by atomic mass is 35.5. The summed E-state index contributed by atoms with van der Waals surface area (Å²) in [6.07, 6.45) is 0.171. The monoisotopic (exact) mass is 220 g/mol. The SMILES string of the molecule is O=C(CCCl)c1cccc(F)c1Cl. The molecule has 1 nitrogen and oxygen atoms in total. The van der Waals surface area contributed by atoms with E-state index < -0.39 is 5.82 Å². The molecule has 4 heteroatoms. The van der Waals surface area contributed by atoms with Gasteiger partial charge in [-0.15, -0.1) is 11.6 Å². The van der Waals surface area contributed by atoms with E-state index in [-0.39, 0.29) is 28.7 Å². The Morgan fingerprint density at radius 2 is 2.15 bits per heavy atom. The van der Waals surface area contributed by atoms with Crippen LogP contribution in [0.2, 0.25) is 5.02 Å². The van der Waals surface area contributed by atoms with E-state index in [0.717, 1.165) is 0 Å². The number of Topliss-reactive ketones (excluding diaryl/α,β-unsaturated/α-hetero) is 1. The summed E-state index contributed by atoms with van der Waals surface area (Å²) < 4.78 is 12.9. The minimum Gasteiger partial charge on any atom is -0.294 e. The Hall–Kier alpha value is -0.600. The molecular formula is C9H7Cl2FO. The van der Waals surface area contributed by atoms with Crippen LogP contribution in [0.4, 0.5) is 4.39 Å². The number of ketones is 1. The minimum atomic E-state index is -0.581. The van der Waals surface area contributed by atoms with Gasteiger partial charge >= 0.3 is 0 Å². The standard InChI is InChI=1S/C9H7Cl2FO/c10-5-4-8(13)6-2-1-3-7(12)9(6)11/h1-3H,4-5H2. The van der Waals surface area contributed by atoms with E-state index in [1.165, 1.54) is 18.2 Å². The fourth-order valence-electron chi connectivity index (χ4n) is 0.940. The lowest BCUT2D eigenvalue weighted by atomic mass is 10.1. The molecule has 0 unspecified atom stereocenters. The number of benzene rings is 1. The molecule has 0 fully saturated rings. The first-order valence-electron chi connectivity index (χ1n) is 3.70. The van der Waals surface area contributed by atoms with Gasteiger partial charge in [0.2, 0.25) is 0 Å². The first kappa shape index (κ1) is 10.5. The number of halogens is 3. The maximum absolute atomic E-state index is 12.9. The van der Waals surface area contributed by atoms with Crippen molar-refractivity contribution < 1.29 is 9.18 Å². The van der Waals surface area contributed by atoms with Crippen molar-refractivity contribution in [3.05, 3.63) is 34.6 Å².